The lowest BCUT2D eigenvalue weighted by atomic mass is 10.1. The second-order valence-corrected chi connectivity index (χ2v) is 6.88. The highest BCUT2D eigenvalue weighted by Gasteiger charge is 2.27. The second-order valence-electron chi connectivity index (χ2n) is 6.88. The number of nitrogens with zero attached hydrogens (tertiary/aromatic N) is 1. The maximum absolute atomic E-state index is 13.3. The normalized spacial score (nSPS) is 13.5. The maximum Gasteiger partial charge on any atom is 0.231 e. The number of halogens is 2. The van der Waals surface area contributed by atoms with Crippen LogP contribution < -0.4 is 26.4 Å². The lowest BCUT2D eigenvalue weighted by Gasteiger charge is -2.05. The number of pyridine rings is 1. The third kappa shape index (κ3) is 4.86. The number of fused-ring (bicyclic) bond motifs is 1. The molecule has 0 aliphatic carbocycles. The molecule has 0 atom stereocenters. The van der Waals surface area contributed by atoms with Crippen molar-refractivity contribution in [3.05, 3.63) is 95.3 Å². The zero-order valence-electron chi connectivity index (χ0n) is 16.5. The zero-order valence-corrected chi connectivity index (χ0v) is 17.2. The number of carbonyl (C=O) groups is 1. The summed E-state index contributed by atoms with van der Waals surface area (Å²) in [7, 11) is 0. The number of aromatic nitrogens is 1. The summed E-state index contributed by atoms with van der Waals surface area (Å²) in [5, 5.41) is 0. The number of allylic oxidation sites excluding steroid dienone is 1. The Morgan fingerprint density at radius 2 is 1.90 bits per heavy atom. The lowest BCUT2D eigenvalue weighted by Crippen LogP contribution is -3.00. The fourth-order valence-electron chi connectivity index (χ4n) is 3.14. The molecule has 0 N–H and O–H groups in total. The number of rotatable bonds is 6. The number of ketones is 1. The first-order valence-electron chi connectivity index (χ1n) is 9.57. The minimum atomic E-state index is -0.246. The molecule has 1 aliphatic rings. The van der Waals surface area contributed by atoms with E-state index in [0.29, 0.717) is 30.2 Å². The summed E-state index contributed by atoms with van der Waals surface area (Å²) in [5.41, 5.74) is 2.27. The minimum absolute atomic E-state index is 0. The van der Waals surface area contributed by atoms with Crippen LogP contribution in [0.3, 0.4) is 0 Å². The molecule has 0 saturated carbocycles. The summed E-state index contributed by atoms with van der Waals surface area (Å²) in [6.07, 6.45) is 6.41. The molecular weight excluding hydrogens is 405 g/mol. The molecule has 3 aromatic rings. The van der Waals surface area contributed by atoms with Gasteiger partial charge in [-0.25, -0.2) is 8.96 Å². The molecule has 0 fully saturated rings. The van der Waals surface area contributed by atoms with Gasteiger partial charge in [0.05, 0.1) is 12.2 Å². The van der Waals surface area contributed by atoms with Gasteiger partial charge in [0.2, 0.25) is 5.78 Å². The van der Waals surface area contributed by atoms with Crippen molar-refractivity contribution in [3.63, 3.8) is 0 Å². The van der Waals surface area contributed by atoms with Gasteiger partial charge in [-0.3, -0.25) is 4.79 Å². The summed E-state index contributed by atoms with van der Waals surface area (Å²) in [5.74, 6) is 1.11. The van der Waals surface area contributed by atoms with Crippen LogP contribution in [0, 0.1) is 5.82 Å². The molecule has 0 radical (unpaired) electrons. The van der Waals surface area contributed by atoms with E-state index in [1.54, 1.807) is 30.3 Å². The van der Waals surface area contributed by atoms with Gasteiger partial charge in [-0.2, -0.15) is 0 Å². The highest BCUT2D eigenvalue weighted by Crippen LogP contribution is 2.34. The van der Waals surface area contributed by atoms with E-state index in [1.165, 1.54) is 12.1 Å². The lowest BCUT2D eigenvalue weighted by molar-refractivity contribution is -0.688. The van der Waals surface area contributed by atoms with E-state index < -0.39 is 0 Å². The smallest absolute Gasteiger partial charge is 0.231 e. The fourth-order valence-corrected chi connectivity index (χ4v) is 3.14. The third-order valence-electron chi connectivity index (χ3n) is 4.58. The predicted molar refractivity (Wildman–Crippen MR) is 107 cm³/mol. The molecule has 1 aliphatic heterocycles. The van der Waals surface area contributed by atoms with Crippen LogP contribution in [0.2, 0.25) is 0 Å². The van der Waals surface area contributed by atoms with Gasteiger partial charge in [-0.05, 0) is 42.3 Å². The number of benzene rings is 2. The van der Waals surface area contributed by atoms with E-state index in [-0.39, 0.29) is 29.8 Å². The van der Waals surface area contributed by atoms with Gasteiger partial charge in [0.25, 0.3) is 0 Å². The van der Waals surface area contributed by atoms with Crippen molar-refractivity contribution in [1.29, 1.82) is 0 Å². The molecular formula is C24H21ClFNO3. The molecule has 154 valence electrons. The van der Waals surface area contributed by atoms with Crippen molar-refractivity contribution in [1.82, 2.24) is 0 Å². The Hall–Kier alpha value is -3.18. The minimum Gasteiger partial charge on any atom is -1.00 e. The van der Waals surface area contributed by atoms with E-state index >= 15 is 0 Å². The molecule has 6 heteroatoms. The van der Waals surface area contributed by atoms with Gasteiger partial charge < -0.3 is 21.9 Å². The van der Waals surface area contributed by atoms with Crippen LogP contribution in [-0.4, -0.2) is 12.4 Å². The first kappa shape index (κ1) is 21.5. The number of Topliss-reactive ketones (excluding diaryl/α,β-unsaturated/α-hetero) is 1. The van der Waals surface area contributed by atoms with Crippen molar-refractivity contribution in [2.24, 2.45) is 0 Å². The number of ether oxygens (including phenoxy) is 2. The van der Waals surface area contributed by atoms with Crippen LogP contribution in [0.5, 0.6) is 11.5 Å². The van der Waals surface area contributed by atoms with Crippen LogP contribution in [-0.2, 0) is 6.54 Å². The molecule has 0 spiro atoms. The van der Waals surface area contributed by atoms with Crippen LogP contribution >= 0.6 is 0 Å². The Balaban J connectivity index is 0.00000256. The molecule has 0 saturated heterocycles. The van der Waals surface area contributed by atoms with E-state index in [2.05, 4.69) is 0 Å². The van der Waals surface area contributed by atoms with Gasteiger partial charge in [-0.15, -0.1) is 0 Å². The molecule has 0 bridgehead atoms. The monoisotopic (exact) mass is 425 g/mol. The fraction of sp³-hybridized carbons (Fsp3) is 0.167. The first-order valence-corrected chi connectivity index (χ1v) is 9.57. The first-order chi connectivity index (χ1) is 14.1. The summed E-state index contributed by atoms with van der Waals surface area (Å²) in [6.45, 7) is 3.22. The molecule has 2 aromatic carbocycles. The topological polar surface area (TPSA) is 39.4 Å². The number of carbonyl (C=O) groups excluding carboxylic acids is 1. The van der Waals surface area contributed by atoms with Gasteiger partial charge in [0.15, 0.2) is 24.7 Å². The van der Waals surface area contributed by atoms with Gasteiger partial charge in [0.1, 0.15) is 17.3 Å². The highest BCUT2D eigenvalue weighted by molar-refractivity contribution is 6.14. The zero-order chi connectivity index (χ0) is 20.2. The average molecular weight is 426 g/mol. The van der Waals surface area contributed by atoms with Gasteiger partial charge >= 0.3 is 0 Å². The van der Waals surface area contributed by atoms with Gasteiger partial charge in [-0.1, -0.05) is 19.1 Å². The SMILES string of the molecule is CCCOc1ccc2c(c1)O/C(=C\c1cc[n+](Cc3cccc(F)c3)cc1)C2=O.[Cl-]. The van der Waals surface area contributed by atoms with Crippen LogP contribution in [0.25, 0.3) is 6.08 Å². The number of hydrogen-bond acceptors (Lipinski definition) is 3. The van der Waals surface area contributed by atoms with Crippen LogP contribution in [0.4, 0.5) is 4.39 Å². The summed E-state index contributed by atoms with van der Waals surface area (Å²) >= 11 is 0. The summed E-state index contributed by atoms with van der Waals surface area (Å²) in [6, 6.07) is 15.6. The van der Waals surface area contributed by atoms with Crippen molar-refractivity contribution in [2.75, 3.05) is 6.61 Å². The predicted octanol–water partition coefficient (Wildman–Crippen LogP) is 1.57. The Labute approximate surface area is 181 Å². The van der Waals surface area contributed by atoms with E-state index in [0.717, 1.165) is 17.5 Å². The van der Waals surface area contributed by atoms with Crippen molar-refractivity contribution >= 4 is 11.9 Å². The van der Waals surface area contributed by atoms with Crippen molar-refractivity contribution in [2.45, 2.75) is 19.9 Å². The Morgan fingerprint density at radius 3 is 2.63 bits per heavy atom. The largest absolute Gasteiger partial charge is 1.00 e. The highest BCUT2D eigenvalue weighted by atomic mass is 35.5. The van der Waals surface area contributed by atoms with E-state index in [9.17, 15) is 9.18 Å². The summed E-state index contributed by atoms with van der Waals surface area (Å²) in [4.78, 5) is 12.6. The molecule has 1 aromatic heterocycles. The summed E-state index contributed by atoms with van der Waals surface area (Å²) < 4.78 is 26.6. The molecule has 4 nitrogen and oxygen atoms in total. The standard InChI is InChI=1S/C24H21FNO3.ClH/c1-2-12-28-20-6-7-21-22(15-20)29-23(24(21)27)14-17-8-10-26(11-9-17)16-18-4-3-5-19(25)13-18;/h3-11,13-15H,2,12,16H2,1H3;1H/q+1;/p-1/b23-14-;. The number of hydrogen-bond donors (Lipinski definition) is 0. The molecule has 4 rings (SSSR count). The second kappa shape index (κ2) is 9.55. The third-order valence-corrected chi connectivity index (χ3v) is 4.58. The molecule has 2 heterocycles. The van der Waals surface area contributed by atoms with Gasteiger partial charge in [0, 0.05) is 23.8 Å². The average Bonchev–Trinajstić information content (AvgIpc) is 3.03. The Bertz CT molecular complexity index is 1080. The van der Waals surface area contributed by atoms with E-state index in [4.69, 9.17) is 9.47 Å². The molecule has 0 amide bonds. The molecule has 0 unspecified atom stereocenters. The van der Waals surface area contributed by atoms with E-state index in [1.807, 2.05) is 42.1 Å². The molecule has 30 heavy (non-hydrogen) atoms. The van der Waals surface area contributed by atoms with Crippen molar-refractivity contribution < 1.29 is 35.6 Å². The maximum atomic E-state index is 13.3. The Kier molecular flexibility index (Phi) is 6.85. The van der Waals surface area contributed by atoms with Crippen molar-refractivity contribution in [3.8, 4) is 11.5 Å². The van der Waals surface area contributed by atoms with Crippen LogP contribution in [0.1, 0.15) is 34.8 Å². The Morgan fingerprint density at radius 1 is 1.10 bits per heavy atom. The van der Waals surface area contributed by atoms with Crippen LogP contribution in [0.15, 0.2) is 72.8 Å². The quantitative estimate of drug-likeness (QED) is 0.444.